The molecule has 1 nitrogen and oxygen atoms in total. The summed E-state index contributed by atoms with van der Waals surface area (Å²) in [5.74, 6) is 0. The topological polar surface area (TPSA) is 26.0 Å². The first-order valence-corrected chi connectivity index (χ1v) is 5.46. The summed E-state index contributed by atoms with van der Waals surface area (Å²) >= 11 is 3.44. The maximum Gasteiger partial charge on any atom is 0.0175 e. The third-order valence-electron chi connectivity index (χ3n) is 3.08. The molecule has 0 radical (unpaired) electrons. The Morgan fingerprint density at radius 3 is 2.23 bits per heavy atom. The average molecular weight is 240 g/mol. The highest BCUT2D eigenvalue weighted by atomic mass is 79.9. The molecular weight excluding hydrogens is 226 g/mol. The quantitative estimate of drug-likeness (QED) is 0.845. The lowest BCUT2D eigenvalue weighted by Crippen LogP contribution is -2.31. The van der Waals surface area contributed by atoms with E-state index in [1.807, 2.05) is 0 Å². The summed E-state index contributed by atoms with van der Waals surface area (Å²) in [6, 6.07) is 8.82. The molecule has 2 heteroatoms. The summed E-state index contributed by atoms with van der Waals surface area (Å²) in [4.78, 5) is 0. The van der Waals surface area contributed by atoms with E-state index in [2.05, 4.69) is 47.1 Å². The zero-order valence-electron chi connectivity index (χ0n) is 7.76. The number of rotatable bonds is 2. The monoisotopic (exact) mass is 239 g/mol. The fourth-order valence-electron chi connectivity index (χ4n) is 1.92. The minimum Gasteiger partial charge on any atom is -0.327 e. The van der Waals surface area contributed by atoms with Gasteiger partial charge in [-0.05, 0) is 37.5 Å². The SMILES string of the molecule is C[C@H](N)C1(c2ccc(Br)cc2)CC1. The molecule has 0 unspecified atom stereocenters. The number of hydrogen-bond acceptors (Lipinski definition) is 1. The molecule has 1 aromatic rings. The Labute approximate surface area is 87.5 Å². The Kier molecular flexibility index (Phi) is 2.20. The molecule has 13 heavy (non-hydrogen) atoms. The summed E-state index contributed by atoms with van der Waals surface area (Å²) in [6.07, 6.45) is 2.48. The molecule has 2 N–H and O–H groups in total. The Hall–Kier alpha value is -0.340. The Bertz CT molecular complexity index is 298. The third kappa shape index (κ3) is 1.53. The molecule has 0 aromatic heterocycles. The van der Waals surface area contributed by atoms with Crippen LogP contribution in [0.4, 0.5) is 0 Å². The minimum absolute atomic E-state index is 0.272. The summed E-state index contributed by atoms with van der Waals surface area (Å²) < 4.78 is 1.14. The van der Waals surface area contributed by atoms with Gasteiger partial charge >= 0.3 is 0 Å². The van der Waals surface area contributed by atoms with E-state index in [1.54, 1.807) is 0 Å². The van der Waals surface area contributed by atoms with Crippen molar-refractivity contribution in [2.24, 2.45) is 5.73 Å². The van der Waals surface area contributed by atoms with Crippen LogP contribution in [-0.2, 0) is 5.41 Å². The predicted molar refractivity (Wildman–Crippen MR) is 58.7 cm³/mol. The van der Waals surface area contributed by atoms with Crippen molar-refractivity contribution < 1.29 is 0 Å². The first-order valence-electron chi connectivity index (χ1n) is 4.67. The van der Waals surface area contributed by atoms with E-state index in [4.69, 9.17) is 5.73 Å². The number of hydrogen-bond donors (Lipinski definition) is 1. The van der Waals surface area contributed by atoms with E-state index >= 15 is 0 Å². The third-order valence-corrected chi connectivity index (χ3v) is 3.61. The van der Waals surface area contributed by atoms with E-state index in [0.717, 1.165) is 4.47 Å². The molecule has 0 saturated heterocycles. The van der Waals surface area contributed by atoms with Gasteiger partial charge in [-0.15, -0.1) is 0 Å². The lowest BCUT2D eigenvalue weighted by molar-refractivity contribution is 0.556. The molecule has 2 rings (SSSR count). The van der Waals surface area contributed by atoms with Crippen LogP contribution in [-0.4, -0.2) is 6.04 Å². The second-order valence-corrected chi connectivity index (χ2v) is 4.87. The molecule has 1 atom stereocenters. The van der Waals surface area contributed by atoms with Gasteiger partial charge in [-0.25, -0.2) is 0 Å². The Morgan fingerprint density at radius 2 is 1.85 bits per heavy atom. The second kappa shape index (κ2) is 3.10. The highest BCUT2D eigenvalue weighted by Gasteiger charge is 2.47. The van der Waals surface area contributed by atoms with Gasteiger partial charge in [0.05, 0.1) is 0 Å². The lowest BCUT2D eigenvalue weighted by Gasteiger charge is -2.19. The summed E-state index contributed by atoms with van der Waals surface area (Å²) in [5.41, 5.74) is 7.68. The Morgan fingerprint density at radius 1 is 1.31 bits per heavy atom. The number of benzene rings is 1. The van der Waals surface area contributed by atoms with Crippen LogP contribution in [0.3, 0.4) is 0 Å². The molecule has 0 heterocycles. The van der Waals surface area contributed by atoms with Crippen molar-refractivity contribution in [3.8, 4) is 0 Å². The van der Waals surface area contributed by atoms with E-state index in [0.29, 0.717) is 5.41 Å². The molecule has 1 aliphatic rings. The molecule has 0 amide bonds. The van der Waals surface area contributed by atoms with Gasteiger partial charge in [-0.3, -0.25) is 0 Å². The number of halogens is 1. The summed E-state index contributed by atoms with van der Waals surface area (Å²) in [7, 11) is 0. The fourth-order valence-corrected chi connectivity index (χ4v) is 2.19. The van der Waals surface area contributed by atoms with Gasteiger partial charge in [0.15, 0.2) is 0 Å². The molecule has 1 aromatic carbocycles. The van der Waals surface area contributed by atoms with Crippen molar-refractivity contribution in [1.29, 1.82) is 0 Å². The second-order valence-electron chi connectivity index (χ2n) is 3.95. The molecule has 1 fully saturated rings. The first kappa shape index (κ1) is 9.22. The van der Waals surface area contributed by atoms with E-state index in [1.165, 1.54) is 18.4 Å². The molecule has 0 bridgehead atoms. The highest BCUT2D eigenvalue weighted by molar-refractivity contribution is 9.10. The minimum atomic E-state index is 0.272. The van der Waals surface area contributed by atoms with Crippen molar-refractivity contribution in [2.45, 2.75) is 31.2 Å². The largest absolute Gasteiger partial charge is 0.327 e. The van der Waals surface area contributed by atoms with E-state index < -0.39 is 0 Å². The van der Waals surface area contributed by atoms with Crippen LogP contribution in [0.15, 0.2) is 28.7 Å². The summed E-state index contributed by atoms with van der Waals surface area (Å²) in [5, 5.41) is 0. The zero-order chi connectivity index (χ0) is 9.47. The van der Waals surface area contributed by atoms with Crippen LogP contribution in [0.5, 0.6) is 0 Å². The van der Waals surface area contributed by atoms with Gasteiger partial charge in [-0.2, -0.15) is 0 Å². The van der Waals surface area contributed by atoms with Crippen LogP contribution in [0.2, 0.25) is 0 Å². The average Bonchev–Trinajstić information content (AvgIpc) is 2.86. The molecule has 0 spiro atoms. The van der Waals surface area contributed by atoms with Crippen LogP contribution in [0, 0.1) is 0 Å². The van der Waals surface area contributed by atoms with Crippen molar-refractivity contribution in [3.05, 3.63) is 34.3 Å². The van der Waals surface area contributed by atoms with Crippen molar-refractivity contribution >= 4 is 15.9 Å². The van der Waals surface area contributed by atoms with Gasteiger partial charge in [0.25, 0.3) is 0 Å². The maximum atomic E-state index is 5.99. The lowest BCUT2D eigenvalue weighted by atomic mass is 9.90. The van der Waals surface area contributed by atoms with Crippen LogP contribution in [0.25, 0.3) is 0 Å². The zero-order valence-corrected chi connectivity index (χ0v) is 9.34. The van der Waals surface area contributed by atoms with Crippen LogP contribution in [0.1, 0.15) is 25.3 Å². The van der Waals surface area contributed by atoms with Gasteiger partial charge in [0.2, 0.25) is 0 Å². The van der Waals surface area contributed by atoms with Gasteiger partial charge in [0, 0.05) is 15.9 Å². The molecule has 1 saturated carbocycles. The number of nitrogens with two attached hydrogens (primary N) is 1. The Balaban J connectivity index is 2.31. The normalized spacial score (nSPS) is 21.2. The molecule has 1 aliphatic carbocycles. The molecular formula is C11H14BrN. The van der Waals surface area contributed by atoms with Crippen molar-refractivity contribution in [2.75, 3.05) is 0 Å². The summed E-state index contributed by atoms with van der Waals surface area (Å²) in [6.45, 7) is 2.11. The maximum absolute atomic E-state index is 5.99. The van der Waals surface area contributed by atoms with Crippen molar-refractivity contribution in [1.82, 2.24) is 0 Å². The first-order chi connectivity index (χ1) is 6.15. The van der Waals surface area contributed by atoms with Gasteiger partial charge in [0.1, 0.15) is 0 Å². The van der Waals surface area contributed by atoms with E-state index in [9.17, 15) is 0 Å². The van der Waals surface area contributed by atoms with Gasteiger partial charge < -0.3 is 5.73 Å². The van der Waals surface area contributed by atoms with Crippen molar-refractivity contribution in [3.63, 3.8) is 0 Å². The fraction of sp³-hybridized carbons (Fsp3) is 0.455. The van der Waals surface area contributed by atoms with Crippen LogP contribution < -0.4 is 5.73 Å². The van der Waals surface area contributed by atoms with Crippen LogP contribution >= 0.6 is 15.9 Å². The van der Waals surface area contributed by atoms with E-state index in [-0.39, 0.29) is 6.04 Å². The molecule has 0 aliphatic heterocycles. The van der Waals surface area contributed by atoms with Gasteiger partial charge in [-0.1, -0.05) is 28.1 Å². The standard InChI is InChI=1S/C11H14BrN/c1-8(13)11(6-7-11)9-2-4-10(12)5-3-9/h2-5,8H,6-7,13H2,1H3/t8-/m0/s1. The smallest absolute Gasteiger partial charge is 0.0175 e. The molecule has 70 valence electrons. The highest BCUT2D eigenvalue weighted by Crippen LogP contribution is 2.50. The predicted octanol–water partition coefficient (Wildman–Crippen LogP) is 2.83.